The molecule has 0 radical (unpaired) electrons. The third-order valence-electron chi connectivity index (χ3n) is 3.32. The molecule has 0 bridgehead atoms. The van der Waals surface area contributed by atoms with Crippen LogP contribution in [0.25, 0.3) is 0 Å². The van der Waals surface area contributed by atoms with Gasteiger partial charge in [-0.25, -0.2) is 17.2 Å². The van der Waals surface area contributed by atoms with Gasteiger partial charge in [0.15, 0.2) is 14.9 Å². The lowest BCUT2D eigenvalue weighted by atomic mass is 10.2. The Labute approximate surface area is 122 Å². The van der Waals surface area contributed by atoms with Crippen molar-refractivity contribution in [1.29, 1.82) is 0 Å². The Hall–Kier alpha value is -1.23. The summed E-state index contributed by atoms with van der Waals surface area (Å²) in [4.78, 5) is 0. The molecule has 1 heterocycles. The number of sulfone groups is 1. The lowest BCUT2D eigenvalue weighted by Crippen LogP contribution is -2.24. The molecule has 1 aromatic heterocycles. The normalized spacial score (nSPS) is 21.1. The molecule has 1 aromatic rings. The van der Waals surface area contributed by atoms with Crippen molar-refractivity contribution in [3.05, 3.63) is 11.3 Å². The summed E-state index contributed by atoms with van der Waals surface area (Å²) in [5, 5.41) is 12.5. The molecule has 1 aliphatic rings. The Balaban J connectivity index is 2.36. The van der Waals surface area contributed by atoms with Gasteiger partial charge < -0.3 is 5.11 Å². The van der Waals surface area contributed by atoms with E-state index in [1.807, 2.05) is 0 Å². The molecule has 22 heavy (non-hydrogen) atoms. The van der Waals surface area contributed by atoms with E-state index in [0.717, 1.165) is 10.9 Å². The number of aliphatic hydroxyl groups is 1. The van der Waals surface area contributed by atoms with E-state index in [2.05, 4.69) is 5.10 Å². The van der Waals surface area contributed by atoms with Crippen LogP contribution in [0.3, 0.4) is 0 Å². The lowest BCUT2D eigenvalue weighted by Gasteiger charge is -2.14. The van der Waals surface area contributed by atoms with Gasteiger partial charge in [-0.1, -0.05) is 0 Å². The molecular formula is C11H13F5N2O3S. The highest BCUT2D eigenvalue weighted by Crippen LogP contribution is 2.45. The molecule has 1 aliphatic carbocycles. The number of hydrogen-bond acceptors (Lipinski definition) is 4. The van der Waals surface area contributed by atoms with Crippen molar-refractivity contribution in [1.82, 2.24) is 9.78 Å². The van der Waals surface area contributed by atoms with E-state index in [1.54, 1.807) is 0 Å². The molecule has 0 amide bonds. The Kier molecular flexibility index (Phi) is 4.01. The van der Waals surface area contributed by atoms with Gasteiger partial charge in [0.25, 0.3) is 5.92 Å². The molecule has 0 spiro atoms. The van der Waals surface area contributed by atoms with Crippen LogP contribution < -0.4 is 0 Å². The smallest absolute Gasteiger partial charge is 0.382 e. The SMILES string of the molecule is CS(=O)(=O)c1nn(CCCC(F)(F)F)c2c1C(O)C(F)(F)C2. The maximum atomic E-state index is 13.6. The predicted molar refractivity (Wildman–Crippen MR) is 64.2 cm³/mol. The van der Waals surface area contributed by atoms with Crippen LogP contribution in [0, 0.1) is 0 Å². The summed E-state index contributed by atoms with van der Waals surface area (Å²) in [6.45, 7) is -0.361. The van der Waals surface area contributed by atoms with Crippen molar-refractivity contribution >= 4 is 9.84 Å². The quantitative estimate of drug-likeness (QED) is 0.843. The molecule has 5 nitrogen and oxygen atoms in total. The first-order valence-electron chi connectivity index (χ1n) is 6.25. The van der Waals surface area contributed by atoms with E-state index in [4.69, 9.17) is 0 Å². The molecule has 11 heteroatoms. The van der Waals surface area contributed by atoms with Gasteiger partial charge in [0, 0.05) is 24.8 Å². The average Bonchev–Trinajstić information content (AvgIpc) is 2.74. The summed E-state index contributed by atoms with van der Waals surface area (Å²) >= 11 is 0. The molecular weight excluding hydrogens is 335 g/mol. The van der Waals surface area contributed by atoms with Crippen LogP contribution in [0.5, 0.6) is 0 Å². The summed E-state index contributed by atoms with van der Waals surface area (Å²) in [6, 6.07) is 0. The van der Waals surface area contributed by atoms with Crippen molar-refractivity contribution in [2.75, 3.05) is 6.26 Å². The molecule has 0 aromatic carbocycles. The van der Waals surface area contributed by atoms with Crippen LogP contribution in [-0.2, 0) is 22.8 Å². The fraction of sp³-hybridized carbons (Fsp3) is 0.727. The lowest BCUT2D eigenvalue weighted by molar-refractivity contribution is -0.136. The van der Waals surface area contributed by atoms with E-state index >= 15 is 0 Å². The average molecular weight is 348 g/mol. The monoisotopic (exact) mass is 348 g/mol. The minimum absolute atomic E-state index is 0.236. The van der Waals surface area contributed by atoms with Gasteiger partial charge in [-0.2, -0.15) is 18.3 Å². The molecule has 1 N–H and O–H groups in total. The minimum atomic E-state index is -4.40. The van der Waals surface area contributed by atoms with Crippen molar-refractivity contribution in [2.24, 2.45) is 0 Å². The number of alkyl halides is 5. The van der Waals surface area contributed by atoms with E-state index in [-0.39, 0.29) is 12.2 Å². The van der Waals surface area contributed by atoms with E-state index < -0.39 is 57.9 Å². The van der Waals surface area contributed by atoms with Gasteiger partial charge >= 0.3 is 6.18 Å². The maximum absolute atomic E-state index is 13.6. The fourth-order valence-electron chi connectivity index (χ4n) is 2.37. The second kappa shape index (κ2) is 5.15. The molecule has 2 rings (SSSR count). The van der Waals surface area contributed by atoms with E-state index in [9.17, 15) is 35.5 Å². The van der Waals surface area contributed by atoms with Gasteiger partial charge in [0.05, 0.1) is 12.1 Å². The van der Waals surface area contributed by atoms with E-state index in [1.165, 1.54) is 0 Å². The number of halogens is 5. The van der Waals surface area contributed by atoms with Crippen LogP contribution >= 0.6 is 0 Å². The van der Waals surface area contributed by atoms with Crippen molar-refractivity contribution < 1.29 is 35.5 Å². The Bertz CT molecular complexity index is 681. The van der Waals surface area contributed by atoms with Gasteiger partial charge in [-0.05, 0) is 6.42 Å². The summed E-state index contributed by atoms with van der Waals surface area (Å²) in [5.41, 5.74) is -0.750. The minimum Gasteiger partial charge on any atom is -0.382 e. The maximum Gasteiger partial charge on any atom is 0.389 e. The van der Waals surface area contributed by atoms with Gasteiger partial charge in [-0.15, -0.1) is 0 Å². The van der Waals surface area contributed by atoms with Crippen LogP contribution in [0.1, 0.15) is 30.2 Å². The number of nitrogens with zero attached hydrogens (tertiary/aromatic N) is 2. The van der Waals surface area contributed by atoms with Gasteiger partial charge in [0.2, 0.25) is 0 Å². The predicted octanol–water partition coefficient (Wildman–Crippen LogP) is 1.85. The van der Waals surface area contributed by atoms with Crippen LogP contribution in [-0.4, -0.2) is 41.7 Å². The Morgan fingerprint density at radius 1 is 1.41 bits per heavy atom. The van der Waals surface area contributed by atoms with Crippen LogP contribution in [0.4, 0.5) is 22.0 Å². The highest BCUT2D eigenvalue weighted by Gasteiger charge is 2.52. The van der Waals surface area contributed by atoms with Crippen molar-refractivity contribution in [2.45, 2.75) is 49.0 Å². The zero-order chi connectivity index (χ0) is 16.9. The molecule has 1 unspecified atom stereocenters. The molecule has 0 saturated heterocycles. The summed E-state index contributed by atoms with van der Waals surface area (Å²) in [7, 11) is -3.99. The molecule has 126 valence electrons. The molecule has 0 saturated carbocycles. The number of aryl methyl sites for hydroxylation is 1. The number of aliphatic hydroxyl groups excluding tert-OH is 1. The standard InChI is InChI=1S/C11H13F5N2O3S/c1-22(20,21)9-7-6(5-10(12,13)8(7)19)18(17-9)4-2-3-11(14,15)16/h8,19H,2-5H2,1H3. The summed E-state index contributed by atoms with van der Waals surface area (Å²) in [5.74, 6) is -3.57. The van der Waals surface area contributed by atoms with Crippen molar-refractivity contribution in [3.8, 4) is 0 Å². The Morgan fingerprint density at radius 2 is 2.00 bits per heavy atom. The highest BCUT2D eigenvalue weighted by atomic mass is 32.2. The van der Waals surface area contributed by atoms with Crippen molar-refractivity contribution in [3.63, 3.8) is 0 Å². The zero-order valence-electron chi connectivity index (χ0n) is 11.4. The first kappa shape index (κ1) is 17.1. The Morgan fingerprint density at radius 3 is 2.50 bits per heavy atom. The molecule has 1 atom stereocenters. The first-order valence-corrected chi connectivity index (χ1v) is 8.14. The zero-order valence-corrected chi connectivity index (χ0v) is 12.2. The fourth-order valence-corrected chi connectivity index (χ4v) is 3.24. The molecule has 0 fully saturated rings. The summed E-state index contributed by atoms with van der Waals surface area (Å²) in [6.07, 6.45) is -8.53. The van der Waals surface area contributed by atoms with E-state index in [0.29, 0.717) is 0 Å². The highest BCUT2D eigenvalue weighted by molar-refractivity contribution is 7.90. The third-order valence-corrected chi connectivity index (χ3v) is 4.33. The second-order valence-electron chi connectivity index (χ2n) is 5.22. The first-order chi connectivity index (χ1) is 9.83. The van der Waals surface area contributed by atoms with Crippen LogP contribution in [0.15, 0.2) is 5.03 Å². The molecule has 0 aliphatic heterocycles. The third kappa shape index (κ3) is 3.24. The summed E-state index contributed by atoms with van der Waals surface area (Å²) < 4.78 is 87.5. The number of aromatic nitrogens is 2. The van der Waals surface area contributed by atoms with Gasteiger partial charge in [0.1, 0.15) is 6.10 Å². The van der Waals surface area contributed by atoms with Crippen LogP contribution in [0.2, 0.25) is 0 Å². The number of fused-ring (bicyclic) bond motifs is 1. The largest absolute Gasteiger partial charge is 0.389 e. The number of rotatable bonds is 4. The topological polar surface area (TPSA) is 72.2 Å². The van der Waals surface area contributed by atoms with Gasteiger partial charge in [-0.3, -0.25) is 4.68 Å². The second-order valence-corrected chi connectivity index (χ2v) is 7.15. The number of hydrogen-bond donors (Lipinski definition) is 1.